The van der Waals surface area contributed by atoms with E-state index < -0.39 is 0 Å². The van der Waals surface area contributed by atoms with Crippen molar-refractivity contribution < 1.29 is 0 Å². The lowest BCUT2D eigenvalue weighted by Gasteiger charge is -2.03. The van der Waals surface area contributed by atoms with E-state index in [-0.39, 0.29) is 0 Å². The Morgan fingerprint density at radius 2 is 2.13 bits per heavy atom. The molecule has 2 rings (SSSR count). The lowest BCUT2D eigenvalue weighted by molar-refractivity contribution is 0.955. The zero-order valence-electron chi connectivity index (χ0n) is 8.82. The monoisotopic (exact) mass is 219 g/mol. The first-order valence-corrected chi connectivity index (χ1v) is 5.68. The average molecular weight is 219 g/mol. The fraction of sp³-hybridized carbons (Fsp3) is 0.273. The molecule has 3 nitrogen and oxygen atoms in total. The van der Waals surface area contributed by atoms with Gasteiger partial charge in [0.25, 0.3) is 0 Å². The van der Waals surface area contributed by atoms with Gasteiger partial charge in [-0.1, -0.05) is 0 Å². The molecule has 2 aromatic rings. The molecular weight excluding hydrogens is 206 g/mol. The zero-order chi connectivity index (χ0) is 10.8. The van der Waals surface area contributed by atoms with E-state index in [1.807, 2.05) is 13.0 Å². The van der Waals surface area contributed by atoms with Crippen LogP contribution in [0.4, 0.5) is 0 Å². The van der Waals surface area contributed by atoms with Crippen LogP contribution in [-0.2, 0) is 6.54 Å². The average Bonchev–Trinajstić information content (AvgIpc) is 2.63. The highest BCUT2D eigenvalue weighted by Crippen LogP contribution is 2.26. The second kappa shape index (κ2) is 4.08. The Balaban J connectivity index is 2.53. The third kappa shape index (κ3) is 2.06. The molecule has 15 heavy (non-hydrogen) atoms. The van der Waals surface area contributed by atoms with Gasteiger partial charge in [-0.2, -0.15) is 0 Å². The van der Waals surface area contributed by atoms with Gasteiger partial charge in [-0.25, -0.2) is 9.97 Å². The van der Waals surface area contributed by atoms with Crippen molar-refractivity contribution in [2.45, 2.75) is 20.4 Å². The van der Waals surface area contributed by atoms with Gasteiger partial charge in [-0.05, 0) is 36.9 Å². The molecule has 0 fully saturated rings. The highest BCUT2D eigenvalue weighted by molar-refractivity contribution is 7.13. The SMILES string of the molecule is Cc1cc(CN)nc(-c2sccc2C)n1. The number of nitrogens with zero attached hydrogens (tertiary/aromatic N) is 2. The third-order valence-electron chi connectivity index (χ3n) is 2.18. The van der Waals surface area contributed by atoms with Crippen molar-refractivity contribution in [2.24, 2.45) is 5.73 Å². The molecule has 0 saturated heterocycles. The number of aryl methyl sites for hydroxylation is 2. The molecule has 4 heteroatoms. The van der Waals surface area contributed by atoms with Gasteiger partial charge >= 0.3 is 0 Å². The predicted molar refractivity (Wildman–Crippen MR) is 62.7 cm³/mol. The Morgan fingerprint density at radius 1 is 1.33 bits per heavy atom. The maximum Gasteiger partial charge on any atom is 0.170 e. The summed E-state index contributed by atoms with van der Waals surface area (Å²) in [5.41, 5.74) is 8.67. The van der Waals surface area contributed by atoms with Gasteiger partial charge in [0.05, 0.1) is 10.6 Å². The van der Waals surface area contributed by atoms with Crippen molar-refractivity contribution in [3.05, 3.63) is 34.5 Å². The van der Waals surface area contributed by atoms with Crippen LogP contribution in [0.1, 0.15) is 17.0 Å². The van der Waals surface area contributed by atoms with Gasteiger partial charge in [0.2, 0.25) is 0 Å². The van der Waals surface area contributed by atoms with E-state index in [0.717, 1.165) is 22.1 Å². The zero-order valence-corrected chi connectivity index (χ0v) is 9.64. The van der Waals surface area contributed by atoms with E-state index in [4.69, 9.17) is 5.73 Å². The van der Waals surface area contributed by atoms with Crippen LogP contribution in [0.5, 0.6) is 0 Å². The first-order chi connectivity index (χ1) is 7.20. The largest absolute Gasteiger partial charge is 0.325 e. The second-order valence-corrected chi connectivity index (χ2v) is 4.38. The molecule has 0 saturated carbocycles. The molecular formula is C11H13N3S. The standard InChI is InChI=1S/C11H13N3S/c1-7-3-4-15-10(7)11-13-8(2)5-9(6-12)14-11/h3-5H,6,12H2,1-2H3. The van der Waals surface area contributed by atoms with Gasteiger partial charge in [0, 0.05) is 12.2 Å². The Hall–Kier alpha value is -1.26. The summed E-state index contributed by atoms with van der Waals surface area (Å²) >= 11 is 1.66. The lowest BCUT2D eigenvalue weighted by Crippen LogP contribution is -2.03. The van der Waals surface area contributed by atoms with Gasteiger partial charge in [0.15, 0.2) is 5.82 Å². The number of nitrogens with two attached hydrogens (primary N) is 1. The molecule has 2 aromatic heterocycles. The minimum Gasteiger partial charge on any atom is -0.325 e. The highest BCUT2D eigenvalue weighted by atomic mass is 32.1. The summed E-state index contributed by atoms with van der Waals surface area (Å²) in [6, 6.07) is 4.00. The Labute approximate surface area is 93.0 Å². The smallest absolute Gasteiger partial charge is 0.170 e. The maximum absolute atomic E-state index is 5.59. The fourth-order valence-electron chi connectivity index (χ4n) is 1.44. The van der Waals surface area contributed by atoms with E-state index in [1.165, 1.54) is 5.56 Å². The molecule has 0 radical (unpaired) electrons. The lowest BCUT2D eigenvalue weighted by atomic mass is 10.2. The van der Waals surface area contributed by atoms with Crippen LogP contribution in [-0.4, -0.2) is 9.97 Å². The van der Waals surface area contributed by atoms with Crippen LogP contribution in [0.15, 0.2) is 17.5 Å². The van der Waals surface area contributed by atoms with Crippen molar-refractivity contribution in [2.75, 3.05) is 0 Å². The van der Waals surface area contributed by atoms with Crippen molar-refractivity contribution in [1.82, 2.24) is 9.97 Å². The first kappa shape index (κ1) is 10.3. The molecule has 0 aliphatic carbocycles. The summed E-state index contributed by atoms with van der Waals surface area (Å²) < 4.78 is 0. The van der Waals surface area contributed by atoms with Gasteiger partial charge in [-0.3, -0.25) is 0 Å². The van der Waals surface area contributed by atoms with Crippen LogP contribution >= 0.6 is 11.3 Å². The molecule has 2 heterocycles. The van der Waals surface area contributed by atoms with E-state index in [1.54, 1.807) is 11.3 Å². The number of aromatic nitrogens is 2. The maximum atomic E-state index is 5.59. The van der Waals surface area contributed by atoms with E-state index in [2.05, 4.69) is 28.3 Å². The van der Waals surface area contributed by atoms with Crippen molar-refractivity contribution in [3.63, 3.8) is 0 Å². The van der Waals surface area contributed by atoms with Gasteiger partial charge < -0.3 is 5.73 Å². The highest BCUT2D eigenvalue weighted by Gasteiger charge is 2.08. The van der Waals surface area contributed by atoms with Gasteiger partial charge in [0.1, 0.15) is 0 Å². The summed E-state index contributed by atoms with van der Waals surface area (Å²) in [5, 5.41) is 2.05. The van der Waals surface area contributed by atoms with Crippen molar-refractivity contribution in [1.29, 1.82) is 0 Å². The van der Waals surface area contributed by atoms with E-state index in [0.29, 0.717) is 6.54 Å². The molecule has 0 atom stereocenters. The number of hydrogen-bond acceptors (Lipinski definition) is 4. The van der Waals surface area contributed by atoms with Crippen LogP contribution < -0.4 is 5.73 Å². The molecule has 2 N–H and O–H groups in total. The number of rotatable bonds is 2. The quantitative estimate of drug-likeness (QED) is 0.843. The summed E-state index contributed by atoms with van der Waals surface area (Å²) in [6.07, 6.45) is 0. The van der Waals surface area contributed by atoms with Crippen molar-refractivity contribution >= 4 is 11.3 Å². The molecule has 0 aliphatic rings. The molecule has 0 bridgehead atoms. The Morgan fingerprint density at radius 3 is 2.73 bits per heavy atom. The summed E-state index contributed by atoms with van der Waals surface area (Å²) in [5.74, 6) is 0.794. The number of thiophene rings is 1. The predicted octanol–water partition coefficient (Wildman–Crippen LogP) is 2.28. The van der Waals surface area contributed by atoms with Crippen LogP contribution in [0.2, 0.25) is 0 Å². The normalized spacial score (nSPS) is 10.6. The molecule has 0 unspecified atom stereocenters. The fourth-order valence-corrected chi connectivity index (χ4v) is 2.30. The van der Waals surface area contributed by atoms with Crippen LogP contribution in [0.3, 0.4) is 0 Å². The second-order valence-electron chi connectivity index (χ2n) is 3.46. The molecule has 0 spiro atoms. The molecule has 0 aliphatic heterocycles. The summed E-state index contributed by atoms with van der Waals surface area (Å²) in [4.78, 5) is 9.99. The van der Waals surface area contributed by atoms with Crippen molar-refractivity contribution in [3.8, 4) is 10.7 Å². The topological polar surface area (TPSA) is 51.8 Å². The molecule has 78 valence electrons. The summed E-state index contributed by atoms with van der Waals surface area (Å²) in [6.45, 7) is 4.49. The Kier molecular flexibility index (Phi) is 2.79. The third-order valence-corrected chi connectivity index (χ3v) is 3.19. The minimum absolute atomic E-state index is 0.459. The Bertz CT molecular complexity index is 476. The van der Waals surface area contributed by atoms with E-state index >= 15 is 0 Å². The molecule has 0 amide bonds. The summed E-state index contributed by atoms with van der Waals surface area (Å²) in [7, 11) is 0. The van der Waals surface area contributed by atoms with Crippen LogP contribution in [0, 0.1) is 13.8 Å². The number of hydrogen-bond donors (Lipinski definition) is 1. The first-order valence-electron chi connectivity index (χ1n) is 4.80. The van der Waals surface area contributed by atoms with Gasteiger partial charge in [-0.15, -0.1) is 11.3 Å². The van der Waals surface area contributed by atoms with E-state index in [9.17, 15) is 0 Å². The minimum atomic E-state index is 0.459. The van der Waals surface area contributed by atoms with Crippen LogP contribution in [0.25, 0.3) is 10.7 Å². The molecule has 0 aromatic carbocycles.